The van der Waals surface area contributed by atoms with Gasteiger partial charge < -0.3 is 14.9 Å². The first-order valence-corrected chi connectivity index (χ1v) is 11.8. The van der Waals surface area contributed by atoms with E-state index in [0.717, 1.165) is 4.70 Å². The maximum atomic E-state index is 13.3. The van der Waals surface area contributed by atoms with E-state index in [1.807, 2.05) is 0 Å². The van der Waals surface area contributed by atoms with Gasteiger partial charge in [-0.25, -0.2) is 4.98 Å². The number of amides is 1. The highest BCUT2D eigenvalue weighted by Crippen LogP contribution is 2.45. The van der Waals surface area contributed by atoms with Gasteiger partial charge in [0.25, 0.3) is 5.78 Å². The quantitative estimate of drug-likeness (QED) is 0.212. The third kappa shape index (κ3) is 3.90. The molecule has 2 heterocycles. The Kier molecular flexibility index (Phi) is 5.70. The number of aliphatic hydroxyl groups excluding tert-OH is 1. The molecule has 5 rings (SSSR count). The van der Waals surface area contributed by atoms with Crippen molar-refractivity contribution in [3.63, 3.8) is 0 Å². The molecule has 1 saturated heterocycles. The zero-order valence-corrected chi connectivity index (χ0v) is 20.2. The standard InChI is InChI=1S/C26H19ClN2O5S/c1-13-11-17(34-2)8-9-18(13)23(31)21-22(14-3-6-16(30)7-4-14)29(25(33)24(21)32)26-28-19-10-5-15(27)12-20(19)35-26/h3-12,22,30-31H,1-2H3/b23-21+. The minimum absolute atomic E-state index is 0.0336. The third-order valence-electron chi connectivity index (χ3n) is 5.89. The lowest BCUT2D eigenvalue weighted by Crippen LogP contribution is -2.29. The molecule has 0 bridgehead atoms. The van der Waals surface area contributed by atoms with E-state index in [4.69, 9.17) is 16.3 Å². The minimum atomic E-state index is -0.951. The Bertz CT molecular complexity index is 1530. The molecule has 0 aliphatic carbocycles. The fourth-order valence-corrected chi connectivity index (χ4v) is 5.43. The number of aromatic hydroxyl groups is 1. The van der Waals surface area contributed by atoms with Crippen molar-refractivity contribution in [2.45, 2.75) is 13.0 Å². The fraction of sp³-hybridized carbons (Fsp3) is 0.115. The molecular formula is C26H19ClN2O5S. The SMILES string of the molecule is COc1ccc(/C(O)=C2\C(=O)C(=O)N(c3nc4ccc(Cl)cc4s3)C2c2ccc(O)cc2)c(C)c1. The van der Waals surface area contributed by atoms with Gasteiger partial charge in [-0.2, -0.15) is 0 Å². The maximum Gasteiger partial charge on any atom is 0.301 e. The lowest BCUT2D eigenvalue weighted by atomic mass is 9.94. The van der Waals surface area contributed by atoms with E-state index in [1.165, 1.54) is 35.5 Å². The molecule has 1 amide bonds. The number of methoxy groups -OCH3 is 1. The van der Waals surface area contributed by atoms with Crippen molar-refractivity contribution in [1.29, 1.82) is 0 Å². The lowest BCUT2D eigenvalue weighted by molar-refractivity contribution is -0.132. The topological polar surface area (TPSA) is 100.0 Å². The van der Waals surface area contributed by atoms with Gasteiger partial charge in [0, 0.05) is 10.6 Å². The van der Waals surface area contributed by atoms with Gasteiger partial charge in [0.1, 0.15) is 17.3 Å². The molecule has 0 saturated carbocycles. The highest BCUT2D eigenvalue weighted by atomic mass is 35.5. The second kappa shape index (κ2) is 8.72. The average molecular weight is 507 g/mol. The van der Waals surface area contributed by atoms with Gasteiger partial charge in [-0.15, -0.1) is 0 Å². The molecule has 1 unspecified atom stereocenters. The van der Waals surface area contributed by atoms with Crippen LogP contribution in [0.5, 0.6) is 11.5 Å². The number of carbonyl (C=O) groups excluding carboxylic acids is 2. The number of phenolic OH excluding ortho intramolecular Hbond substituents is 1. The highest BCUT2D eigenvalue weighted by molar-refractivity contribution is 7.22. The Labute approximate surface area is 209 Å². The summed E-state index contributed by atoms with van der Waals surface area (Å²) >= 11 is 7.34. The smallest absolute Gasteiger partial charge is 0.301 e. The van der Waals surface area contributed by atoms with Crippen LogP contribution >= 0.6 is 22.9 Å². The molecule has 7 nitrogen and oxygen atoms in total. The first-order valence-electron chi connectivity index (χ1n) is 10.6. The summed E-state index contributed by atoms with van der Waals surface area (Å²) in [5, 5.41) is 22.0. The van der Waals surface area contributed by atoms with Crippen LogP contribution in [0, 0.1) is 6.92 Å². The van der Waals surface area contributed by atoms with Gasteiger partial charge in [0.2, 0.25) is 0 Å². The zero-order chi connectivity index (χ0) is 24.9. The Morgan fingerprint density at radius 3 is 2.51 bits per heavy atom. The van der Waals surface area contributed by atoms with Crippen LogP contribution in [0.3, 0.4) is 0 Å². The van der Waals surface area contributed by atoms with Crippen LogP contribution in [0.15, 0.2) is 66.2 Å². The minimum Gasteiger partial charge on any atom is -0.508 e. The van der Waals surface area contributed by atoms with Crippen LogP contribution in [0.1, 0.15) is 22.7 Å². The number of phenols is 1. The van der Waals surface area contributed by atoms with Crippen molar-refractivity contribution in [2.24, 2.45) is 0 Å². The Hall–Kier alpha value is -3.88. The monoisotopic (exact) mass is 506 g/mol. The largest absolute Gasteiger partial charge is 0.508 e. The van der Waals surface area contributed by atoms with Crippen molar-refractivity contribution >= 4 is 55.7 Å². The number of aromatic nitrogens is 1. The summed E-state index contributed by atoms with van der Waals surface area (Å²) in [6.45, 7) is 1.78. The molecule has 4 aromatic rings. The molecule has 1 aliphatic heterocycles. The number of ether oxygens (including phenoxy) is 1. The number of halogens is 1. The number of ketones is 1. The highest BCUT2D eigenvalue weighted by Gasteiger charge is 2.48. The molecule has 176 valence electrons. The number of benzene rings is 3. The van der Waals surface area contributed by atoms with Crippen molar-refractivity contribution in [2.75, 3.05) is 12.0 Å². The summed E-state index contributed by atoms with van der Waals surface area (Å²) in [4.78, 5) is 32.5. The number of aryl methyl sites for hydroxylation is 1. The van der Waals surface area contributed by atoms with Gasteiger partial charge in [-0.05, 0) is 66.6 Å². The van der Waals surface area contributed by atoms with E-state index in [-0.39, 0.29) is 17.1 Å². The molecule has 2 N–H and O–H groups in total. The van der Waals surface area contributed by atoms with Gasteiger partial charge >= 0.3 is 5.91 Å². The van der Waals surface area contributed by atoms with E-state index in [9.17, 15) is 19.8 Å². The van der Waals surface area contributed by atoms with Crippen LogP contribution in [0.4, 0.5) is 5.13 Å². The number of hydrogen-bond donors (Lipinski definition) is 2. The Morgan fingerprint density at radius 1 is 1.09 bits per heavy atom. The van der Waals surface area contributed by atoms with Crippen molar-refractivity contribution in [3.8, 4) is 11.5 Å². The van der Waals surface area contributed by atoms with Gasteiger partial charge in [0.15, 0.2) is 5.13 Å². The maximum absolute atomic E-state index is 13.3. The predicted octanol–water partition coefficient (Wildman–Crippen LogP) is 5.60. The average Bonchev–Trinajstić information content (AvgIpc) is 3.36. The fourth-order valence-electron chi connectivity index (χ4n) is 4.17. The van der Waals surface area contributed by atoms with E-state index >= 15 is 0 Å². The molecule has 1 fully saturated rings. The van der Waals surface area contributed by atoms with Crippen molar-refractivity contribution < 1.29 is 24.5 Å². The third-order valence-corrected chi connectivity index (χ3v) is 7.14. The number of fused-ring (bicyclic) bond motifs is 1. The molecule has 0 spiro atoms. The van der Waals surface area contributed by atoms with Gasteiger partial charge in [-0.3, -0.25) is 14.5 Å². The molecule has 0 radical (unpaired) electrons. The molecule has 3 aromatic carbocycles. The zero-order valence-electron chi connectivity index (χ0n) is 18.7. The predicted molar refractivity (Wildman–Crippen MR) is 135 cm³/mol. The molecular weight excluding hydrogens is 488 g/mol. The molecule has 1 atom stereocenters. The van der Waals surface area contributed by atoms with E-state index in [0.29, 0.717) is 38.1 Å². The molecule has 9 heteroatoms. The first-order chi connectivity index (χ1) is 16.8. The van der Waals surface area contributed by atoms with E-state index in [2.05, 4.69) is 4.98 Å². The second-order valence-electron chi connectivity index (χ2n) is 8.05. The van der Waals surface area contributed by atoms with Crippen molar-refractivity contribution in [3.05, 3.63) is 87.9 Å². The number of anilines is 1. The second-order valence-corrected chi connectivity index (χ2v) is 9.50. The summed E-state index contributed by atoms with van der Waals surface area (Å²) in [5.41, 5.74) is 2.18. The number of Topliss-reactive ketones (excluding diaryl/α,β-unsaturated/α-hetero) is 1. The van der Waals surface area contributed by atoms with Crippen molar-refractivity contribution in [1.82, 2.24) is 4.98 Å². The van der Waals surface area contributed by atoms with Crippen LogP contribution in [-0.2, 0) is 9.59 Å². The van der Waals surface area contributed by atoms with Gasteiger partial charge in [-0.1, -0.05) is 35.1 Å². The number of hydrogen-bond acceptors (Lipinski definition) is 7. The summed E-state index contributed by atoms with van der Waals surface area (Å²) in [5.74, 6) is -1.30. The number of carbonyl (C=O) groups is 2. The number of aliphatic hydroxyl groups is 1. The Balaban J connectivity index is 1.73. The number of rotatable bonds is 4. The van der Waals surface area contributed by atoms with Crippen LogP contribution in [-0.4, -0.2) is 34.0 Å². The molecule has 35 heavy (non-hydrogen) atoms. The normalized spacial score (nSPS) is 17.3. The summed E-state index contributed by atoms with van der Waals surface area (Å²) < 4.78 is 5.99. The van der Waals surface area contributed by atoms with E-state index in [1.54, 1.807) is 55.5 Å². The lowest BCUT2D eigenvalue weighted by Gasteiger charge is -2.23. The first kappa shape index (κ1) is 22.9. The summed E-state index contributed by atoms with van der Waals surface area (Å²) in [6.07, 6.45) is 0. The van der Waals surface area contributed by atoms with E-state index < -0.39 is 17.7 Å². The summed E-state index contributed by atoms with van der Waals surface area (Å²) in [7, 11) is 1.54. The number of thiazole rings is 1. The van der Waals surface area contributed by atoms with Crippen LogP contribution in [0.25, 0.3) is 16.0 Å². The van der Waals surface area contributed by atoms with Crippen LogP contribution in [0.2, 0.25) is 5.02 Å². The molecule has 1 aliphatic rings. The molecule has 1 aromatic heterocycles. The summed E-state index contributed by atoms with van der Waals surface area (Å²) in [6, 6.07) is 15.4. The van der Waals surface area contributed by atoms with Gasteiger partial charge in [0.05, 0.1) is 28.9 Å². The van der Waals surface area contributed by atoms with Crippen LogP contribution < -0.4 is 9.64 Å². The Morgan fingerprint density at radius 2 is 1.83 bits per heavy atom. The number of nitrogens with zero attached hydrogens (tertiary/aromatic N) is 2.